The van der Waals surface area contributed by atoms with E-state index in [0.29, 0.717) is 31.1 Å². The SMILES string of the molecule is COCCN(Cc1cnn(C)c1)C(=O)Cc1ccc(Cl)cc1. The molecule has 22 heavy (non-hydrogen) atoms. The summed E-state index contributed by atoms with van der Waals surface area (Å²) < 4.78 is 6.83. The molecule has 0 aliphatic heterocycles. The third kappa shape index (κ3) is 4.86. The van der Waals surface area contributed by atoms with Crippen LogP contribution in [0.15, 0.2) is 36.7 Å². The van der Waals surface area contributed by atoms with Gasteiger partial charge in [0, 0.05) is 44.0 Å². The first-order valence-electron chi connectivity index (χ1n) is 7.07. The summed E-state index contributed by atoms with van der Waals surface area (Å²) in [7, 11) is 3.49. The summed E-state index contributed by atoms with van der Waals surface area (Å²) in [5.74, 6) is 0.0585. The van der Waals surface area contributed by atoms with E-state index in [-0.39, 0.29) is 5.91 Å². The molecule has 0 fully saturated rings. The number of rotatable bonds is 7. The molecule has 2 aromatic rings. The quantitative estimate of drug-likeness (QED) is 0.786. The number of hydrogen-bond donors (Lipinski definition) is 0. The third-order valence-electron chi connectivity index (χ3n) is 3.32. The van der Waals surface area contributed by atoms with Gasteiger partial charge in [0.25, 0.3) is 0 Å². The van der Waals surface area contributed by atoms with Crippen LogP contribution in [-0.2, 0) is 29.5 Å². The molecule has 6 heteroatoms. The van der Waals surface area contributed by atoms with Gasteiger partial charge in [-0.1, -0.05) is 23.7 Å². The lowest BCUT2D eigenvalue weighted by Crippen LogP contribution is -2.34. The maximum Gasteiger partial charge on any atom is 0.227 e. The number of benzene rings is 1. The zero-order valence-electron chi connectivity index (χ0n) is 12.8. The molecule has 0 unspecified atom stereocenters. The Morgan fingerprint density at radius 3 is 2.64 bits per heavy atom. The highest BCUT2D eigenvalue weighted by Gasteiger charge is 2.15. The van der Waals surface area contributed by atoms with Crippen molar-refractivity contribution in [3.05, 3.63) is 52.8 Å². The lowest BCUT2D eigenvalue weighted by molar-refractivity contribution is -0.131. The van der Waals surface area contributed by atoms with Gasteiger partial charge in [0.15, 0.2) is 0 Å². The highest BCUT2D eigenvalue weighted by molar-refractivity contribution is 6.30. The molecule has 0 radical (unpaired) electrons. The van der Waals surface area contributed by atoms with E-state index in [1.165, 1.54) is 0 Å². The molecule has 0 aliphatic rings. The van der Waals surface area contributed by atoms with Crippen LogP contribution in [-0.4, -0.2) is 40.8 Å². The van der Waals surface area contributed by atoms with Crippen molar-refractivity contribution >= 4 is 17.5 Å². The van der Waals surface area contributed by atoms with E-state index < -0.39 is 0 Å². The molecule has 2 rings (SSSR count). The van der Waals surface area contributed by atoms with Gasteiger partial charge in [0.05, 0.1) is 19.2 Å². The van der Waals surface area contributed by atoms with E-state index in [4.69, 9.17) is 16.3 Å². The van der Waals surface area contributed by atoms with Gasteiger partial charge in [0.2, 0.25) is 5.91 Å². The largest absolute Gasteiger partial charge is 0.383 e. The Morgan fingerprint density at radius 2 is 2.05 bits per heavy atom. The zero-order chi connectivity index (χ0) is 15.9. The van der Waals surface area contributed by atoms with Gasteiger partial charge >= 0.3 is 0 Å². The summed E-state index contributed by atoms with van der Waals surface area (Å²) in [6.45, 7) is 1.59. The number of carbonyl (C=O) groups is 1. The Labute approximate surface area is 135 Å². The molecule has 1 heterocycles. The maximum atomic E-state index is 12.5. The van der Waals surface area contributed by atoms with Gasteiger partial charge in [-0.25, -0.2) is 0 Å². The fraction of sp³-hybridized carbons (Fsp3) is 0.375. The van der Waals surface area contributed by atoms with E-state index in [0.717, 1.165) is 11.1 Å². The van der Waals surface area contributed by atoms with Crippen LogP contribution in [0.3, 0.4) is 0 Å². The van der Waals surface area contributed by atoms with Gasteiger partial charge < -0.3 is 9.64 Å². The van der Waals surface area contributed by atoms with Crippen LogP contribution in [0.2, 0.25) is 5.02 Å². The lowest BCUT2D eigenvalue weighted by atomic mass is 10.1. The fourth-order valence-corrected chi connectivity index (χ4v) is 2.28. The number of carbonyl (C=O) groups excluding carboxylic acids is 1. The van der Waals surface area contributed by atoms with Crippen molar-refractivity contribution < 1.29 is 9.53 Å². The molecule has 0 atom stereocenters. The summed E-state index contributed by atoms with van der Waals surface area (Å²) in [6.07, 6.45) is 4.03. The highest BCUT2D eigenvalue weighted by Crippen LogP contribution is 2.12. The van der Waals surface area contributed by atoms with Crippen LogP contribution in [0.1, 0.15) is 11.1 Å². The predicted octanol–water partition coefficient (Wildman–Crippen LogP) is 2.29. The molecule has 0 saturated heterocycles. The Morgan fingerprint density at radius 1 is 1.32 bits per heavy atom. The second-order valence-corrected chi connectivity index (χ2v) is 5.57. The number of hydrogen-bond acceptors (Lipinski definition) is 3. The Balaban J connectivity index is 2.03. The van der Waals surface area contributed by atoms with E-state index in [1.807, 2.05) is 25.4 Å². The number of nitrogens with zero attached hydrogens (tertiary/aromatic N) is 3. The molecule has 1 aromatic carbocycles. The molecule has 0 spiro atoms. The molecule has 0 N–H and O–H groups in total. The standard InChI is InChI=1S/C16H20ClN3O2/c1-19-11-14(10-18-19)12-20(7-8-22-2)16(21)9-13-3-5-15(17)6-4-13/h3-6,10-11H,7-9,12H2,1-2H3. The van der Waals surface area contributed by atoms with Crippen molar-refractivity contribution in [2.75, 3.05) is 20.3 Å². The molecular formula is C16H20ClN3O2. The highest BCUT2D eigenvalue weighted by atomic mass is 35.5. The minimum Gasteiger partial charge on any atom is -0.383 e. The average molecular weight is 322 g/mol. The smallest absolute Gasteiger partial charge is 0.227 e. The van der Waals surface area contributed by atoms with Crippen LogP contribution < -0.4 is 0 Å². The first kappa shape index (κ1) is 16.5. The number of amides is 1. The molecule has 5 nitrogen and oxygen atoms in total. The van der Waals surface area contributed by atoms with E-state index in [1.54, 1.807) is 35.0 Å². The van der Waals surface area contributed by atoms with Crippen molar-refractivity contribution in [1.82, 2.24) is 14.7 Å². The summed E-state index contributed by atoms with van der Waals surface area (Å²) in [5.41, 5.74) is 1.95. The number of aromatic nitrogens is 2. The van der Waals surface area contributed by atoms with Crippen LogP contribution in [0.5, 0.6) is 0 Å². The lowest BCUT2D eigenvalue weighted by Gasteiger charge is -2.22. The van der Waals surface area contributed by atoms with E-state index in [2.05, 4.69) is 5.10 Å². The summed E-state index contributed by atoms with van der Waals surface area (Å²) >= 11 is 5.87. The molecule has 0 bridgehead atoms. The minimum absolute atomic E-state index is 0.0585. The van der Waals surface area contributed by atoms with Gasteiger partial charge in [-0.15, -0.1) is 0 Å². The number of aryl methyl sites for hydroxylation is 1. The van der Waals surface area contributed by atoms with Gasteiger partial charge in [-0.3, -0.25) is 9.48 Å². The number of methoxy groups -OCH3 is 1. The molecule has 0 aliphatic carbocycles. The second kappa shape index (κ2) is 7.96. The van der Waals surface area contributed by atoms with Gasteiger partial charge in [-0.05, 0) is 17.7 Å². The average Bonchev–Trinajstić information content (AvgIpc) is 2.91. The van der Waals surface area contributed by atoms with Crippen molar-refractivity contribution in [2.45, 2.75) is 13.0 Å². The second-order valence-electron chi connectivity index (χ2n) is 5.13. The summed E-state index contributed by atoms with van der Waals surface area (Å²) in [4.78, 5) is 14.3. The summed E-state index contributed by atoms with van der Waals surface area (Å²) in [6, 6.07) is 7.34. The van der Waals surface area contributed by atoms with Crippen molar-refractivity contribution in [3.63, 3.8) is 0 Å². The van der Waals surface area contributed by atoms with Crippen LogP contribution >= 0.6 is 11.6 Å². The number of ether oxygens (including phenoxy) is 1. The summed E-state index contributed by atoms with van der Waals surface area (Å²) in [5, 5.41) is 4.81. The molecule has 1 aromatic heterocycles. The van der Waals surface area contributed by atoms with Crippen LogP contribution in [0.4, 0.5) is 0 Å². The predicted molar refractivity (Wildman–Crippen MR) is 85.7 cm³/mol. The number of halogens is 1. The monoisotopic (exact) mass is 321 g/mol. The van der Waals surface area contributed by atoms with Gasteiger partial charge in [0.1, 0.15) is 0 Å². The normalized spacial score (nSPS) is 10.7. The molecule has 1 amide bonds. The fourth-order valence-electron chi connectivity index (χ4n) is 2.16. The first-order chi connectivity index (χ1) is 10.6. The van der Waals surface area contributed by atoms with Crippen molar-refractivity contribution in [1.29, 1.82) is 0 Å². The Kier molecular flexibility index (Phi) is 5.98. The maximum absolute atomic E-state index is 12.5. The van der Waals surface area contributed by atoms with E-state index in [9.17, 15) is 4.79 Å². The van der Waals surface area contributed by atoms with Crippen molar-refractivity contribution in [3.8, 4) is 0 Å². The molecule has 118 valence electrons. The first-order valence-corrected chi connectivity index (χ1v) is 7.45. The molecule has 0 saturated carbocycles. The minimum atomic E-state index is 0.0585. The van der Waals surface area contributed by atoms with Crippen LogP contribution in [0.25, 0.3) is 0 Å². The van der Waals surface area contributed by atoms with Crippen LogP contribution in [0, 0.1) is 0 Å². The Bertz CT molecular complexity index is 610. The van der Waals surface area contributed by atoms with E-state index >= 15 is 0 Å². The Hall–Kier alpha value is -1.85. The zero-order valence-corrected chi connectivity index (χ0v) is 13.6. The topological polar surface area (TPSA) is 47.4 Å². The van der Waals surface area contributed by atoms with Crippen molar-refractivity contribution in [2.24, 2.45) is 7.05 Å². The molecular weight excluding hydrogens is 302 g/mol. The van der Waals surface area contributed by atoms with Gasteiger partial charge in [-0.2, -0.15) is 5.10 Å². The third-order valence-corrected chi connectivity index (χ3v) is 3.57.